The largest absolute Gasteiger partial charge is 0.251 e. The van der Waals surface area contributed by atoms with E-state index in [4.69, 9.17) is 5.26 Å². The normalized spacial score (nSPS) is 21.7. The number of rotatable bonds is 1. The summed E-state index contributed by atoms with van der Waals surface area (Å²) in [5.74, 6) is 0. The molecule has 1 atom stereocenters. The third-order valence-electron chi connectivity index (χ3n) is 2.21. The summed E-state index contributed by atoms with van der Waals surface area (Å²) >= 11 is 0. The fraction of sp³-hybridized carbons (Fsp3) is 0.333. The van der Waals surface area contributed by atoms with Crippen molar-refractivity contribution in [1.82, 2.24) is 0 Å². The van der Waals surface area contributed by atoms with Gasteiger partial charge in [0.1, 0.15) is 6.10 Å². The Balaban J connectivity index is 2.39. The minimum Gasteiger partial charge on any atom is -0.251 e. The van der Waals surface area contributed by atoms with E-state index in [1.807, 2.05) is 18.2 Å². The van der Waals surface area contributed by atoms with Crippen molar-refractivity contribution in [3.05, 3.63) is 35.4 Å². The highest BCUT2D eigenvalue weighted by Gasteiger charge is 2.21. The van der Waals surface area contributed by atoms with Crippen LogP contribution in [-0.2, 0) is 11.3 Å². The molecule has 0 radical (unpaired) electrons. The van der Waals surface area contributed by atoms with Gasteiger partial charge in [0.05, 0.1) is 0 Å². The van der Waals surface area contributed by atoms with Gasteiger partial charge in [-0.25, -0.2) is 4.89 Å². The second-order valence-corrected chi connectivity index (χ2v) is 2.83. The highest BCUT2D eigenvalue weighted by atomic mass is 17.1. The van der Waals surface area contributed by atoms with Gasteiger partial charge in [-0.2, -0.15) is 0 Å². The number of benzene rings is 1. The molecule has 2 heteroatoms. The Morgan fingerprint density at radius 3 is 3.00 bits per heavy atom. The lowest BCUT2D eigenvalue weighted by molar-refractivity contribution is -0.280. The molecule has 0 amide bonds. The Bertz CT molecular complexity index is 257. The minimum atomic E-state index is -0.0915. The van der Waals surface area contributed by atoms with E-state index in [2.05, 4.69) is 11.0 Å². The molecule has 0 fully saturated rings. The van der Waals surface area contributed by atoms with E-state index in [9.17, 15) is 0 Å². The fourth-order valence-corrected chi connectivity index (χ4v) is 1.63. The highest BCUT2D eigenvalue weighted by molar-refractivity contribution is 5.33. The van der Waals surface area contributed by atoms with Crippen LogP contribution in [0.4, 0.5) is 0 Å². The molecule has 11 heavy (non-hydrogen) atoms. The molecule has 58 valence electrons. The molecule has 0 heterocycles. The Kier molecular flexibility index (Phi) is 1.64. The summed E-state index contributed by atoms with van der Waals surface area (Å²) in [6.07, 6.45) is 1.82. The maximum atomic E-state index is 8.51. The van der Waals surface area contributed by atoms with E-state index in [0.29, 0.717) is 0 Å². The summed E-state index contributed by atoms with van der Waals surface area (Å²) in [5.41, 5.74) is 2.43. The Morgan fingerprint density at radius 2 is 2.18 bits per heavy atom. The molecule has 2 rings (SSSR count). The van der Waals surface area contributed by atoms with E-state index in [1.54, 1.807) is 0 Å². The van der Waals surface area contributed by atoms with E-state index in [1.165, 1.54) is 5.56 Å². The van der Waals surface area contributed by atoms with Crippen molar-refractivity contribution in [2.45, 2.75) is 18.9 Å². The molecule has 0 aliphatic heterocycles. The SMILES string of the molecule is OO[C@H]1CCc2ccccc21. The summed E-state index contributed by atoms with van der Waals surface area (Å²) in [7, 11) is 0. The topological polar surface area (TPSA) is 29.5 Å². The molecule has 1 aromatic carbocycles. The molecule has 0 saturated carbocycles. The van der Waals surface area contributed by atoms with E-state index in [0.717, 1.165) is 18.4 Å². The first-order valence-corrected chi connectivity index (χ1v) is 3.80. The molecular weight excluding hydrogens is 140 g/mol. The monoisotopic (exact) mass is 150 g/mol. The number of aryl methyl sites for hydroxylation is 1. The lowest BCUT2D eigenvalue weighted by Gasteiger charge is -2.05. The Hall–Kier alpha value is -0.860. The quantitative estimate of drug-likeness (QED) is 0.491. The zero-order chi connectivity index (χ0) is 7.68. The lowest BCUT2D eigenvalue weighted by atomic mass is 10.1. The van der Waals surface area contributed by atoms with Crippen LogP contribution < -0.4 is 0 Å². The summed E-state index contributed by atoms with van der Waals surface area (Å²) in [6.45, 7) is 0. The number of hydrogen-bond acceptors (Lipinski definition) is 2. The third kappa shape index (κ3) is 1.04. The molecule has 0 saturated heterocycles. The van der Waals surface area contributed by atoms with Crippen LogP contribution in [0.1, 0.15) is 23.7 Å². The first-order valence-electron chi connectivity index (χ1n) is 3.80. The molecule has 1 aromatic rings. The van der Waals surface area contributed by atoms with Crippen LogP contribution in [0.5, 0.6) is 0 Å². The summed E-state index contributed by atoms with van der Waals surface area (Å²) < 4.78 is 0. The first kappa shape index (κ1) is 6.83. The average Bonchev–Trinajstić information content (AvgIpc) is 2.47. The van der Waals surface area contributed by atoms with Gasteiger partial charge in [-0.05, 0) is 24.0 Å². The van der Waals surface area contributed by atoms with Crippen LogP contribution in [0.3, 0.4) is 0 Å². The van der Waals surface area contributed by atoms with Gasteiger partial charge >= 0.3 is 0 Å². The van der Waals surface area contributed by atoms with Crippen LogP contribution in [0.2, 0.25) is 0 Å². The molecule has 1 aliphatic carbocycles. The van der Waals surface area contributed by atoms with Gasteiger partial charge in [0, 0.05) is 0 Å². The minimum absolute atomic E-state index is 0.0915. The van der Waals surface area contributed by atoms with Gasteiger partial charge in [0.15, 0.2) is 0 Å². The standard InChI is InChI=1S/C9H10O2/c10-11-9-6-5-7-3-1-2-4-8(7)9/h1-4,9-10H,5-6H2/t9-/m0/s1. The molecule has 0 spiro atoms. The highest BCUT2D eigenvalue weighted by Crippen LogP contribution is 2.32. The molecule has 1 aliphatic rings. The lowest BCUT2D eigenvalue weighted by Crippen LogP contribution is -1.94. The first-order chi connectivity index (χ1) is 5.42. The van der Waals surface area contributed by atoms with Crippen LogP contribution in [0.15, 0.2) is 24.3 Å². The van der Waals surface area contributed by atoms with Crippen LogP contribution >= 0.6 is 0 Å². The predicted octanol–water partition coefficient (Wildman–Crippen LogP) is 2.16. The smallest absolute Gasteiger partial charge is 0.118 e. The van der Waals surface area contributed by atoms with Crippen molar-refractivity contribution >= 4 is 0 Å². The Labute approximate surface area is 65.4 Å². The molecule has 1 N–H and O–H groups in total. The van der Waals surface area contributed by atoms with Gasteiger partial charge in [0.2, 0.25) is 0 Å². The van der Waals surface area contributed by atoms with Crippen molar-refractivity contribution in [1.29, 1.82) is 0 Å². The zero-order valence-corrected chi connectivity index (χ0v) is 6.16. The summed E-state index contributed by atoms with van der Waals surface area (Å²) in [6, 6.07) is 8.06. The number of hydrogen-bond donors (Lipinski definition) is 1. The molecular formula is C9H10O2. The zero-order valence-electron chi connectivity index (χ0n) is 6.16. The molecule has 0 unspecified atom stereocenters. The van der Waals surface area contributed by atoms with Crippen LogP contribution in [0, 0.1) is 0 Å². The van der Waals surface area contributed by atoms with Crippen molar-refractivity contribution < 1.29 is 10.1 Å². The van der Waals surface area contributed by atoms with Crippen molar-refractivity contribution in [2.75, 3.05) is 0 Å². The van der Waals surface area contributed by atoms with Crippen molar-refractivity contribution in [2.24, 2.45) is 0 Å². The maximum Gasteiger partial charge on any atom is 0.118 e. The summed E-state index contributed by atoms with van der Waals surface area (Å²) in [4.78, 5) is 4.34. The molecule has 0 bridgehead atoms. The van der Waals surface area contributed by atoms with Crippen LogP contribution in [-0.4, -0.2) is 5.26 Å². The van der Waals surface area contributed by atoms with Gasteiger partial charge in [-0.1, -0.05) is 24.3 Å². The van der Waals surface area contributed by atoms with E-state index < -0.39 is 0 Å². The fourth-order valence-electron chi connectivity index (χ4n) is 1.63. The second-order valence-electron chi connectivity index (χ2n) is 2.83. The van der Waals surface area contributed by atoms with E-state index in [-0.39, 0.29) is 6.10 Å². The summed E-state index contributed by atoms with van der Waals surface area (Å²) in [5, 5.41) is 8.51. The van der Waals surface area contributed by atoms with Gasteiger partial charge in [-0.15, -0.1) is 0 Å². The van der Waals surface area contributed by atoms with Crippen LogP contribution in [0.25, 0.3) is 0 Å². The average molecular weight is 150 g/mol. The van der Waals surface area contributed by atoms with Gasteiger partial charge < -0.3 is 0 Å². The number of fused-ring (bicyclic) bond motifs is 1. The molecule has 2 nitrogen and oxygen atoms in total. The third-order valence-corrected chi connectivity index (χ3v) is 2.21. The predicted molar refractivity (Wildman–Crippen MR) is 41.2 cm³/mol. The van der Waals surface area contributed by atoms with Crippen molar-refractivity contribution in [3.8, 4) is 0 Å². The Morgan fingerprint density at radius 1 is 1.36 bits per heavy atom. The second kappa shape index (κ2) is 2.64. The van der Waals surface area contributed by atoms with Crippen molar-refractivity contribution in [3.63, 3.8) is 0 Å². The van der Waals surface area contributed by atoms with E-state index >= 15 is 0 Å². The molecule has 0 aromatic heterocycles. The maximum absolute atomic E-state index is 8.51. The van der Waals surface area contributed by atoms with Gasteiger partial charge in [-0.3, -0.25) is 5.26 Å². The van der Waals surface area contributed by atoms with Gasteiger partial charge in [0.25, 0.3) is 0 Å².